The lowest BCUT2D eigenvalue weighted by Crippen LogP contribution is -2.44. The number of ether oxygens (including phenoxy) is 2. The maximum Gasteiger partial charge on any atom is 0.407 e. The summed E-state index contributed by atoms with van der Waals surface area (Å²) < 4.78 is 11.5. The third kappa shape index (κ3) is 9.78. The monoisotopic (exact) mass is 715 g/mol. The van der Waals surface area contributed by atoms with Crippen LogP contribution in [-0.2, 0) is 30.3 Å². The first-order valence-electron chi connectivity index (χ1n) is 18.1. The highest BCUT2D eigenvalue weighted by Gasteiger charge is 2.31. The number of cyclic esters (lactones) is 1. The van der Waals surface area contributed by atoms with Gasteiger partial charge in [-0.25, -0.2) is 9.59 Å². The van der Waals surface area contributed by atoms with Gasteiger partial charge in [0.05, 0.1) is 24.6 Å². The second-order valence-electron chi connectivity index (χ2n) is 13.4. The Bertz CT molecular complexity index is 1850. The molecule has 0 fully saturated rings. The number of fused-ring (bicyclic) bond motifs is 3. The third-order valence-electron chi connectivity index (χ3n) is 9.75. The van der Waals surface area contributed by atoms with Crippen LogP contribution in [0.2, 0.25) is 0 Å². The van der Waals surface area contributed by atoms with Crippen LogP contribution in [0.15, 0.2) is 121 Å². The summed E-state index contributed by atoms with van der Waals surface area (Å²) in [6.45, 7) is -0.332. The number of benzene rings is 4. The van der Waals surface area contributed by atoms with E-state index in [4.69, 9.17) is 9.47 Å². The summed E-state index contributed by atoms with van der Waals surface area (Å²) in [7, 11) is 0. The fourth-order valence-electron chi connectivity index (χ4n) is 6.99. The number of aliphatic hydroxyl groups excluding tert-OH is 1. The first kappa shape index (κ1) is 37.0. The van der Waals surface area contributed by atoms with Gasteiger partial charge in [-0.15, -0.1) is 0 Å². The predicted octanol–water partition coefficient (Wildman–Crippen LogP) is 5.76. The maximum absolute atomic E-state index is 13.7. The molecule has 4 aromatic carbocycles. The molecule has 1 aliphatic heterocycles. The molecule has 10 nitrogen and oxygen atoms in total. The molecule has 0 spiro atoms. The molecule has 1 aliphatic carbocycles. The number of aliphatic hydroxyl groups is 1. The number of carbonyl (C=O) groups excluding carboxylic acids is 4. The molecule has 0 bridgehead atoms. The van der Waals surface area contributed by atoms with Gasteiger partial charge in [0.25, 0.3) is 0 Å². The van der Waals surface area contributed by atoms with Crippen molar-refractivity contribution < 1.29 is 33.8 Å². The number of amides is 3. The standard InChI is InChI=1S/C43H45N3O7/c47-26-32(24-29-14-4-1-5-15-29)44-40(48)25-31-18-8-3-9-23-38(42(50)52-28-39(45-41(31)49)30-16-6-2-7-17-30)46-43(51)53-27-37-35-21-12-10-19-33(35)34-20-11-13-22-36(34)37/h1-8,10-17,19-22,31-32,37-39,47H,9,18,23-28H2,(H,44,48)(H,45,49)(H,46,51). The average Bonchev–Trinajstić information content (AvgIpc) is 3.51. The topological polar surface area (TPSA) is 143 Å². The van der Waals surface area contributed by atoms with Crippen molar-refractivity contribution in [2.45, 2.75) is 56.1 Å². The second kappa shape index (κ2) is 18.1. The molecule has 4 aromatic rings. The van der Waals surface area contributed by atoms with Crippen molar-refractivity contribution in [3.8, 4) is 11.1 Å². The Morgan fingerprint density at radius 3 is 2.17 bits per heavy atom. The Hall–Kier alpha value is -5.74. The number of alkyl carbamates (subject to hydrolysis) is 1. The molecular weight excluding hydrogens is 670 g/mol. The molecule has 274 valence electrons. The van der Waals surface area contributed by atoms with E-state index in [-0.39, 0.29) is 56.8 Å². The number of nitrogens with one attached hydrogen (secondary N) is 3. The lowest BCUT2D eigenvalue weighted by Gasteiger charge is -2.24. The molecule has 10 heteroatoms. The lowest BCUT2D eigenvalue weighted by molar-refractivity contribution is -0.147. The van der Waals surface area contributed by atoms with Gasteiger partial charge >= 0.3 is 12.1 Å². The van der Waals surface area contributed by atoms with Crippen molar-refractivity contribution in [3.05, 3.63) is 144 Å². The average molecular weight is 716 g/mol. The van der Waals surface area contributed by atoms with Gasteiger partial charge in [-0.2, -0.15) is 0 Å². The SMILES string of the molecule is O=C(CC1CC=CCCC(NC(=O)OCC2c3ccccc3-c3ccccc32)C(=O)OCC(c2ccccc2)NC1=O)NC(CO)Cc1ccccc1. The van der Waals surface area contributed by atoms with Crippen molar-refractivity contribution in [2.24, 2.45) is 5.92 Å². The fraction of sp³-hybridized carbons (Fsp3) is 0.302. The second-order valence-corrected chi connectivity index (χ2v) is 13.4. The highest BCUT2D eigenvalue weighted by Crippen LogP contribution is 2.44. The summed E-state index contributed by atoms with van der Waals surface area (Å²) in [5, 5.41) is 18.5. The number of hydrogen-bond donors (Lipinski definition) is 4. The molecule has 0 saturated carbocycles. The van der Waals surface area contributed by atoms with E-state index in [1.165, 1.54) is 0 Å². The summed E-state index contributed by atoms with van der Waals surface area (Å²) in [6, 6.07) is 32.6. The molecule has 53 heavy (non-hydrogen) atoms. The summed E-state index contributed by atoms with van der Waals surface area (Å²) in [6.07, 6.45) is 4.17. The van der Waals surface area contributed by atoms with E-state index in [2.05, 4.69) is 28.1 Å². The minimum absolute atomic E-state index is 0.101. The number of allylic oxidation sites excluding steroid dienone is 2. The van der Waals surface area contributed by atoms with E-state index in [0.717, 1.165) is 27.8 Å². The van der Waals surface area contributed by atoms with Crippen molar-refractivity contribution in [1.82, 2.24) is 16.0 Å². The molecule has 6 rings (SSSR count). The molecule has 2 aliphatic rings. The molecule has 1 heterocycles. The summed E-state index contributed by atoms with van der Waals surface area (Å²) >= 11 is 0. The van der Waals surface area contributed by atoms with Gasteiger partial charge in [-0.05, 0) is 59.1 Å². The van der Waals surface area contributed by atoms with Gasteiger partial charge < -0.3 is 30.5 Å². The number of hydrogen-bond acceptors (Lipinski definition) is 7. The third-order valence-corrected chi connectivity index (χ3v) is 9.75. The fourth-order valence-corrected chi connectivity index (χ4v) is 6.99. The molecule has 4 atom stereocenters. The number of esters is 1. The van der Waals surface area contributed by atoms with Gasteiger partial charge in [0.2, 0.25) is 11.8 Å². The van der Waals surface area contributed by atoms with Crippen LogP contribution < -0.4 is 16.0 Å². The van der Waals surface area contributed by atoms with Crippen molar-refractivity contribution >= 4 is 23.9 Å². The smallest absolute Gasteiger partial charge is 0.407 e. The van der Waals surface area contributed by atoms with Crippen molar-refractivity contribution in [2.75, 3.05) is 19.8 Å². The van der Waals surface area contributed by atoms with Crippen LogP contribution in [0.25, 0.3) is 11.1 Å². The van der Waals surface area contributed by atoms with Gasteiger partial charge in [0.1, 0.15) is 19.3 Å². The normalized spacial score (nSPS) is 19.5. The van der Waals surface area contributed by atoms with Gasteiger partial charge in [0.15, 0.2) is 0 Å². The van der Waals surface area contributed by atoms with Crippen LogP contribution in [0, 0.1) is 5.92 Å². The van der Waals surface area contributed by atoms with E-state index in [0.29, 0.717) is 18.4 Å². The maximum atomic E-state index is 13.7. The lowest BCUT2D eigenvalue weighted by atomic mass is 9.97. The molecule has 0 saturated heterocycles. The van der Waals surface area contributed by atoms with E-state index in [1.807, 2.05) is 109 Å². The molecule has 3 amide bonds. The zero-order chi connectivity index (χ0) is 37.0. The van der Waals surface area contributed by atoms with Gasteiger partial charge in [0, 0.05) is 12.3 Å². The first-order valence-corrected chi connectivity index (χ1v) is 18.1. The van der Waals surface area contributed by atoms with E-state index in [1.54, 1.807) is 0 Å². The summed E-state index contributed by atoms with van der Waals surface area (Å²) in [4.78, 5) is 53.6. The Morgan fingerprint density at radius 1 is 0.849 bits per heavy atom. The minimum Gasteiger partial charge on any atom is -0.462 e. The molecule has 4 unspecified atom stereocenters. The van der Waals surface area contributed by atoms with E-state index >= 15 is 0 Å². The number of rotatable bonds is 10. The van der Waals surface area contributed by atoms with Crippen molar-refractivity contribution in [1.29, 1.82) is 0 Å². The minimum atomic E-state index is -0.996. The molecule has 0 aromatic heterocycles. The summed E-state index contributed by atoms with van der Waals surface area (Å²) in [5.41, 5.74) is 6.08. The van der Waals surface area contributed by atoms with Crippen LogP contribution in [0.1, 0.15) is 59.9 Å². The van der Waals surface area contributed by atoms with E-state index < -0.39 is 36.1 Å². The molecule has 4 N–H and O–H groups in total. The largest absolute Gasteiger partial charge is 0.462 e. The van der Waals surface area contributed by atoms with Crippen LogP contribution in [0.3, 0.4) is 0 Å². The Labute approximate surface area is 309 Å². The Balaban J connectivity index is 1.11. The van der Waals surface area contributed by atoms with Gasteiger partial charge in [-0.3, -0.25) is 9.59 Å². The van der Waals surface area contributed by atoms with E-state index in [9.17, 15) is 24.3 Å². The zero-order valence-electron chi connectivity index (χ0n) is 29.5. The zero-order valence-corrected chi connectivity index (χ0v) is 29.5. The van der Waals surface area contributed by atoms with Crippen molar-refractivity contribution in [3.63, 3.8) is 0 Å². The predicted molar refractivity (Wildman–Crippen MR) is 201 cm³/mol. The quantitative estimate of drug-likeness (QED) is 0.121. The summed E-state index contributed by atoms with van der Waals surface area (Å²) in [5.74, 6) is -2.23. The van der Waals surface area contributed by atoms with Crippen LogP contribution in [0.4, 0.5) is 4.79 Å². The highest BCUT2D eigenvalue weighted by atomic mass is 16.6. The highest BCUT2D eigenvalue weighted by molar-refractivity contribution is 5.86. The first-order chi connectivity index (χ1) is 25.9. The van der Waals surface area contributed by atoms with Crippen LogP contribution in [-0.4, -0.2) is 60.9 Å². The Morgan fingerprint density at radius 2 is 1.49 bits per heavy atom. The van der Waals surface area contributed by atoms with Crippen LogP contribution >= 0.6 is 0 Å². The Kier molecular flexibility index (Phi) is 12.7. The van der Waals surface area contributed by atoms with Gasteiger partial charge in [-0.1, -0.05) is 121 Å². The number of carbonyl (C=O) groups is 4. The van der Waals surface area contributed by atoms with Crippen LogP contribution in [0.5, 0.6) is 0 Å². The molecular formula is C43H45N3O7. The molecule has 0 radical (unpaired) electrons.